The number of thioether (sulfide) groups is 1. The third kappa shape index (κ3) is 4.14. The van der Waals surface area contributed by atoms with Crippen LogP contribution in [0.3, 0.4) is 0 Å². The van der Waals surface area contributed by atoms with Gasteiger partial charge < -0.3 is 9.47 Å². The second-order valence-corrected chi connectivity index (χ2v) is 7.21. The summed E-state index contributed by atoms with van der Waals surface area (Å²) in [6.45, 7) is 3.17. The number of carbonyl (C=O) groups is 1. The molecule has 2 heterocycles. The molecule has 6 nitrogen and oxygen atoms in total. The minimum atomic E-state index is -0.233. The van der Waals surface area contributed by atoms with Crippen molar-refractivity contribution < 1.29 is 14.3 Å². The number of hydrogen-bond donors (Lipinski definition) is 1. The summed E-state index contributed by atoms with van der Waals surface area (Å²) in [5.74, 6) is 2.04. The Labute approximate surface area is 142 Å². The van der Waals surface area contributed by atoms with E-state index < -0.39 is 0 Å². The van der Waals surface area contributed by atoms with E-state index in [0.29, 0.717) is 35.4 Å². The summed E-state index contributed by atoms with van der Waals surface area (Å²) in [6, 6.07) is 5.14. The van der Waals surface area contributed by atoms with E-state index in [-0.39, 0.29) is 5.91 Å². The smallest absolute Gasteiger partial charge is 0.257 e. The average Bonchev–Trinajstić information content (AvgIpc) is 3.02. The summed E-state index contributed by atoms with van der Waals surface area (Å²) >= 11 is 3.05. The number of amides is 1. The van der Waals surface area contributed by atoms with E-state index in [1.54, 1.807) is 30.0 Å². The van der Waals surface area contributed by atoms with Crippen LogP contribution < -0.4 is 14.8 Å². The molecule has 0 spiro atoms. The SMILES string of the molecule is CCCCSc1nnc(NC(=O)c2ccc3c(c2)OCCO3)s1. The van der Waals surface area contributed by atoms with Crippen LogP contribution in [0.2, 0.25) is 0 Å². The number of anilines is 1. The van der Waals surface area contributed by atoms with Crippen LogP contribution in [0.4, 0.5) is 5.13 Å². The molecule has 1 amide bonds. The van der Waals surface area contributed by atoms with Crippen molar-refractivity contribution in [3.63, 3.8) is 0 Å². The van der Waals surface area contributed by atoms with Gasteiger partial charge in [0, 0.05) is 11.3 Å². The van der Waals surface area contributed by atoms with Crippen molar-refractivity contribution in [2.75, 3.05) is 24.3 Å². The summed E-state index contributed by atoms with van der Waals surface area (Å²) in [6.07, 6.45) is 2.29. The molecule has 0 saturated heterocycles. The van der Waals surface area contributed by atoms with E-state index in [1.165, 1.54) is 11.3 Å². The molecule has 8 heteroatoms. The second-order valence-electron chi connectivity index (χ2n) is 4.89. The number of hydrogen-bond acceptors (Lipinski definition) is 7. The highest BCUT2D eigenvalue weighted by Gasteiger charge is 2.16. The second kappa shape index (κ2) is 7.65. The number of rotatable bonds is 6. The van der Waals surface area contributed by atoms with Gasteiger partial charge in [0.2, 0.25) is 5.13 Å². The van der Waals surface area contributed by atoms with E-state index in [9.17, 15) is 4.79 Å². The third-order valence-corrected chi connectivity index (χ3v) is 5.21. The van der Waals surface area contributed by atoms with E-state index in [4.69, 9.17) is 9.47 Å². The highest BCUT2D eigenvalue weighted by molar-refractivity contribution is 8.01. The van der Waals surface area contributed by atoms with Gasteiger partial charge in [-0.2, -0.15) is 0 Å². The van der Waals surface area contributed by atoms with Gasteiger partial charge in [-0.25, -0.2) is 0 Å². The molecule has 23 heavy (non-hydrogen) atoms. The quantitative estimate of drug-likeness (QED) is 0.488. The predicted molar refractivity (Wildman–Crippen MR) is 90.9 cm³/mol. The third-order valence-electron chi connectivity index (χ3n) is 3.15. The van der Waals surface area contributed by atoms with Crippen LogP contribution in [0.25, 0.3) is 0 Å². The van der Waals surface area contributed by atoms with Crippen LogP contribution in [0.1, 0.15) is 30.1 Å². The number of unbranched alkanes of at least 4 members (excludes halogenated alkanes) is 1. The number of benzene rings is 1. The Balaban J connectivity index is 1.62. The van der Waals surface area contributed by atoms with Crippen molar-refractivity contribution in [3.8, 4) is 11.5 Å². The summed E-state index contributed by atoms with van der Waals surface area (Å²) in [5.41, 5.74) is 0.504. The highest BCUT2D eigenvalue weighted by Crippen LogP contribution is 2.31. The average molecular weight is 351 g/mol. The van der Waals surface area contributed by atoms with E-state index in [0.717, 1.165) is 22.9 Å². The Morgan fingerprint density at radius 2 is 2.13 bits per heavy atom. The fourth-order valence-corrected chi connectivity index (χ4v) is 3.88. The number of aromatic nitrogens is 2. The number of fused-ring (bicyclic) bond motifs is 1. The molecule has 1 aliphatic rings. The molecule has 3 rings (SSSR count). The normalized spacial score (nSPS) is 12.9. The Morgan fingerprint density at radius 3 is 2.96 bits per heavy atom. The molecule has 1 aromatic carbocycles. The van der Waals surface area contributed by atoms with Gasteiger partial charge in [-0.1, -0.05) is 36.4 Å². The molecule has 1 N–H and O–H groups in total. The molecular weight excluding hydrogens is 334 g/mol. The van der Waals surface area contributed by atoms with Crippen molar-refractivity contribution in [1.29, 1.82) is 0 Å². The Kier molecular flexibility index (Phi) is 5.35. The zero-order valence-corrected chi connectivity index (χ0v) is 14.3. The molecule has 0 fully saturated rings. The summed E-state index contributed by atoms with van der Waals surface area (Å²) in [5, 5.41) is 11.4. The lowest BCUT2D eigenvalue weighted by Gasteiger charge is -2.18. The van der Waals surface area contributed by atoms with Gasteiger partial charge in [0.05, 0.1) is 0 Å². The maximum Gasteiger partial charge on any atom is 0.257 e. The molecule has 0 aliphatic carbocycles. The van der Waals surface area contributed by atoms with Crippen molar-refractivity contribution in [3.05, 3.63) is 23.8 Å². The van der Waals surface area contributed by atoms with Crippen molar-refractivity contribution >= 4 is 34.1 Å². The Bertz CT molecular complexity index is 690. The molecule has 0 radical (unpaired) electrons. The number of ether oxygens (including phenoxy) is 2. The van der Waals surface area contributed by atoms with Crippen LogP contribution in [0.15, 0.2) is 22.5 Å². The Hall–Kier alpha value is -1.80. The topological polar surface area (TPSA) is 73.3 Å². The van der Waals surface area contributed by atoms with Crippen molar-refractivity contribution in [2.45, 2.75) is 24.1 Å². The zero-order chi connectivity index (χ0) is 16.1. The first kappa shape index (κ1) is 16.1. The predicted octanol–water partition coefficient (Wildman–Crippen LogP) is 3.45. The molecule has 122 valence electrons. The van der Waals surface area contributed by atoms with Gasteiger partial charge in [-0.3, -0.25) is 10.1 Å². The van der Waals surface area contributed by atoms with Crippen LogP contribution in [0.5, 0.6) is 11.5 Å². The number of nitrogens with zero attached hydrogens (tertiary/aromatic N) is 2. The van der Waals surface area contributed by atoms with Gasteiger partial charge in [0.25, 0.3) is 5.91 Å². The van der Waals surface area contributed by atoms with Crippen molar-refractivity contribution in [2.24, 2.45) is 0 Å². The van der Waals surface area contributed by atoms with Gasteiger partial charge >= 0.3 is 0 Å². The summed E-state index contributed by atoms with van der Waals surface area (Å²) < 4.78 is 11.8. The van der Waals surface area contributed by atoms with E-state index >= 15 is 0 Å². The van der Waals surface area contributed by atoms with Crippen LogP contribution >= 0.6 is 23.1 Å². The largest absolute Gasteiger partial charge is 0.486 e. The molecule has 2 aromatic rings. The minimum Gasteiger partial charge on any atom is -0.486 e. The van der Waals surface area contributed by atoms with Crippen LogP contribution in [-0.2, 0) is 0 Å². The zero-order valence-electron chi connectivity index (χ0n) is 12.7. The van der Waals surface area contributed by atoms with Crippen LogP contribution in [-0.4, -0.2) is 35.1 Å². The molecule has 0 saturated carbocycles. The fraction of sp³-hybridized carbons (Fsp3) is 0.400. The summed E-state index contributed by atoms with van der Waals surface area (Å²) in [4.78, 5) is 12.3. The first-order chi connectivity index (χ1) is 11.3. The van der Waals surface area contributed by atoms with Gasteiger partial charge in [0.1, 0.15) is 13.2 Å². The van der Waals surface area contributed by atoms with E-state index in [2.05, 4.69) is 22.4 Å². The standard InChI is InChI=1S/C15H17N3O3S2/c1-2-3-8-22-15-18-17-14(23-15)16-13(19)10-4-5-11-12(9-10)21-7-6-20-11/h4-5,9H,2-3,6-8H2,1H3,(H,16,17,19). The monoisotopic (exact) mass is 351 g/mol. The van der Waals surface area contributed by atoms with Crippen molar-refractivity contribution in [1.82, 2.24) is 10.2 Å². The fourth-order valence-electron chi connectivity index (χ4n) is 1.98. The number of carbonyl (C=O) groups excluding carboxylic acids is 1. The van der Waals surface area contributed by atoms with Gasteiger partial charge in [-0.05, 0) is 24.6 Å². The number of nitrogens with one attached hydrogen (secondary N) is 1. The Morgan fingerprint density at radius 1 is 1.30 bits per heavy atom. The highest BCUT2D eigenvalue weighted by atomic mass is 32.2. The molecule has 1 aromatic heterocycles. The molecule has 1 aliphatic heterocycles. The lowest BCUT2D eigenvalue weighted by molar-refractivity contribution is 0.102. The maximum atomic E-state index is 12.3. The van der Waals surface area contributed by atoms with Crippen LogP contribution in [0, 0.1) is 0 Å². The lowest BCUT2D eigenvalue weighted by Crippen LogP contribution is -2.17. The first-order valence-electron chi connectivity index (χ1n) is 7.43. The van der Waals surface area contributed by atoms with E-state index in [1.807, 2.05) is 0 Å². The lowest BCUT2D eigenvalue weighted by atomic mass is 10.2. The minimum absolute atomic E-state index is 0.233. The molecular formula is C15H17N3O3S2. The van der Waals surface area contributed by atoms with Gasteiger partial charge in [0.15, 0.2) is 15.8 Å². The first-order valence-corrected chi connectivity index (χ1v) is 9.24. The molecule has 0 bridgehead atoms. The summed E-state index contributed by atoms with van der Waals surface area (Å²) in [7, 11) is 0. The maximum absolute atomic E-state index is 12.3. The van der Waals surface area contributed by atoms with Gasteiger partial charge in [-0.15, -0.1) is 10.2 Å². The molecule has 0 atom stereocenters. The molecule has 0 unspecified atom stereocenters.